The van der Waals surface area contributed by atoms with E-state index in [-0.39, 0.29) is 24.4 Å². The van der Waals surface area contributed by atoms with Gasteiger partial charge in [-0.05, 0) is 44.4 Å². The Morgan fingerprint density at radius 3 is 2.55 bits per heavy atom. The van der Waals surface area contributed by atoms with Crippen LogP contribution in [0.15, 0.2) is 42.5 Å². The molecule has 9 nitrogen and oxygen atoms in total. The molecule has 0 atom stereocenters. The number of carbonyl (C=O) groups is 2. The number of ether oxygens (including phenoxy) is 2. The maximum absolute atomic E-state index is 12.5. The molecule has 0 bridgehead atoms. The molecule has 1 saturated heterocycles. The van der Waals surface area contributed by atoms with Crippen molar-refractivity contribution in [2.24, 2.45) is 0 Å². The van der Waals surface area contributed by atoms with Gasteiger partial charge in [0.15, 0.2) is 5.75 Å². The highest BCUT2D eigenvalue weighted by Crippen LogP contribution is 2.29. The first kappa shape index (κ1) is 22.1. The number of nitrogens with one attached hydrogen (secondary N) is 1. The number of nitrogens with zero attached hydrogens (tertiary/aromatic N) is 2. The van der Waals surface area contributed by atoms with E-state index in [4.69, 9.17) is 9.47 Å². The largest absolute Gasteiger partial charge is 0.462 e. The maximum Gasteiger partial charge on any atom is 0.415 e. The number of likely N-dealkylation sites (tertiary alicyclic amines) is 1. The van der Waals surface area contributed by atoms with Gasteiger partial charge in [0.05, 0.1) is 17.2 Å². The zero-order valence-electron chi connectivity index (χ0n) is 17.3. The predicted octanol–water partition coefficient (Wildman–Crippen LogP) is 4.37. The molecule has 0 saturated carbocycles. The molecule has 2 aromatic rings. The zero-order valence-corrected chi connectivity index (χ0v) is 17.3. The van der Waals surface area contributed by atoms with Crippen molar-refractivity contribution in [3.05, 3.63) is 63.7 Å². The van der Waals surface area contributed by atoms with E-state index in [9.17, 15) is 19.7 Å². The lowest BCUT2D eigenvalue weighted by Crippen LogP contribution is -2.37. The van der Waals surface area contributed by atoms with Crippen LogP contribution in [0, 0.1) is 10.1 Å². The molecule has 0 unspecified atom stereocenters. The monoisotopic (exact) mass is 427 g/mol. The molecule has 1 aliphatic heterocycles. The molecular weight excluding hydrogens is 402 g/mol. The average Bonchev–Trinajstić information content (AvgIpc) is 2.78. The number of rotatable bonds is 7. The number of piperidine rings is 1. The number of anilines is 1. The van der Waals surface area contributed by atoms with Crippen LogP contribution < -0.4 is 10.1 Å². The van der Waals surface area contributed by atoms with Gasteiger partial charge in [-0.1, -0.05) is 24.3 Å². The highest BCUT2D eigenvalue weighted by Gasteiger charge is 2.25. The van der Waals surface area contributed by atoms with E-state index < -0.39 is 17.0 Å². The lowest BCUT2D eigenvalue weighted by Gasteiger charge is -2.26. The summed E-state index contributed by atoms with van der Waals surface area (Å²) < 4.78 is 10.5. The van der Waals surface area contributed by atoms with Crippen LogP contribution in [0.5, 0.6) is 5.75 Å². The molecule has 0 radical (unpaired) electrons. The van der Waals surface area contributed by atoms with Crippen molar-refractivity contribution >= 4 is 23.4 Å². The smallest absolute Gasteiger partial charge is 0.415 e. The Labute approximate surface area is 180 Å². The molecule has 0 aliphatic carbocycles. The second-order valence-electron chi connectivity index (χ2n) is 7.06. The third-order valence-corrected chi connectivity index (χ3v) is 4.97. The van der Waals surface area contributed by atoms with E-state index in [1.165, 1.54) is 6.07 Å². The van der Waals surface area contributed by atoms with E-state index >= 15 is 0 Å². The summed E-state index contributed by atoms with van der Waals surface area (Å²) in [6, 6.07) is 11.4. The third kappa shape index (κ3) is 5.50. The van der Waals surface area contributed by atoms with Crippen LogP contribution in [0.3, 0.4) is 0 Å². The number of benzene rings is 2. The fourth-order valence-electron chi connectivity index (χ4n) is 3.45. The summed E-state index contributed by atoms with van der Waals surface area (Å²) >= 11 is 0. The van der Waals surface area contributed by atoms with E-state index in [0.717, 1.165) is 19.3 Å². The van der Waals surface area contributed by atoms with Gasteiger partial charge in [0.25, 0.3) is 5.69 Å². The Bertz CT molecular complexity index is 956. The summed E-state index contributed by atoms with van der Waals surface area (Å²) in [6.45, 7) is 3.15. The molecule has 0 spiro atoms. The normalized spacial score (nSPS) is 13.4. The highest BCUT2D eigenvalue weighted by molar-refractivity contribution is 5.94. The summed E-state index contributed by atoms with van der Waals surface area (Å²) in [5.41, 5.74) is 0.420. The van der Waals surface area contributed by atoms with Gasteiger partial charge in [-0.2, -0.15) is 0 Å². The molecule has 3 rings (SSSR count). The predicted molar refractivity (Wildman–Crippen MR) is 114 cm³/mol. The average molecular weight is 427 g/mol. The molecule has 9 heteroatoms. The Balaban J connectivity index is 1.77. The number of hydrogen-bond acceptors (Lipinski definition) is 7. The SMILES string of the molecule is CCOC(=O)c1cccc(CNc2ccccc2OC(=O)N2CCCCC2)c1[N+](=O)[O-]. The van der Waals surface area contributed by atoms with Crippen LogP contribution in [0.25, 0.3) is 0 Å². The zero-order chi connectivity index (χ0) is 22.2. The van der Waals surface area contributed by atoms with E-state index in [0.29, 0.717) is 30.1 Å². The van der Waals surface area contributed by atoms with E-state index in [1.807, 2.05) is 0 Å². The summed E-state index contributed by atoms with van der Waals surface area (Å²) in [5, 5.41) is 14.7. The van der Waals surface area contributed by atoms with Crippen molar-refractivity contribution in [1.82, 2.24) is 4.90 Å². The lowest BCUT2D eigenvalue weighted by atomic mass is 10.1. The minimum absolute atomic E-state index is 0.0574. The van der Waals surface area contributed by atoms with Crippen molar-refractivity contribution in [3.63, 3.8) is 0 Å². The van der Waals surface area contributed by atoms with Crippen LogP contribution >= 0.6 is 0 Å². The van der Waals surface area contributed by atoms with Crippen LogP contribution in [-0.4, -0.2) is 41.6 Å². The molecule has 1 aliphatic rings. The minimum atomic E-state index is -0.744. The molecular formula is C22H25N3O6. The Kier molecular flexibility index (Phi) is 7.42. The van der Waals surface area contributed by atoms with Gasteiger partial charge >= 0.3 is 12.1 Å². The molecule has 164 valence electrons. The van der Waals surface area contributed by atoms with Gasteiger partial charge in [-0.3, -0.25) is 10.1 Å². The quantitative estimate of drug-likeness (QED) is 0.397. The number of hydrogen-bond donors (Lipinski definition) is 1. The van der Waals surface area contributed by atoms with Gasteiger partial charge in [0, 0.05) is 25.2 Å². The first-order chi connectivity index (χ1) is 15.0. The minimum Gasteiger partial charge on any atom is -0.462 e. The fourth-order valence-corrected chi connectivity index (χ4v) is 3.45. The first-order valence-corrected chi connectivity index (χ1v) is 10.2. The van der Waals surface area contributed by atoms with Crippen molar-refractivity contribution in [2.45, 2.75) is 32.7 Å². The molecule has 31 heavy (non-hydrogen) atoms. The number of esters is 1. The molecule has 1 heterocycles. The Hall–Kier alpha value is -3.62. The number of nitro benzene ring substituents is 1. The summed E-state index contributed by atoms with van der Waals surface area (Å²) in [4.78, 5) is 37.3. The first-order valence-electron chi connectivity index (χ1n) is 10.2. The molecule has 1 fully saturated rings. The van der Waals surface area contributed by atoms with Crippen molar-refractivity contribution in [1.29, 1.82) is 0 Å². The van der Waals surface area contributed by atoms with Gasteiger partial charge < -0.3 is 19.7 Å². The molecule has 1 N–H and O–H groups in total. The lowest BCUT2D eigenvalue weighted by molar-refractivity contribution is -0.385. The standard InChI is InChI=1S/C22H25N3O6/c1-2-30-21(26)17-10-8-9-16(20(17)25(28)29)15-23-18-11-4-5-12-19(18)31-22(27)24-13-6-3-7-14-24/h4-5,8-12,23H,2-3,6-7,13-15H2,1H3. The van der Waals surface area contributed by atoms with Crippen LogP contribution in [-0.2, 0) is 11.3 Å². The third-order valence-electron chi connectivity index (χ3n) is 4.97. The van der Waals surface area contributed by atoms with Crippen LogP contribution in [0.2, 0.25) is 0 Å². The van der Waals surface area contributed by atoms with Crippen LogP contribution in [0.1, 0.15) is 42.1 Å². The maximum atomic E-state index is 12.5. The fraction of sp³-hybridized carbons (Fsp3) is 0.364. The van der Waals surface area contributed by atoms with Gasteiger partial charge in [0.1, 0.15) is 5.56 Å². The summed E-state index contributed by atoms with van der Waals surface area (Å²) in [6.07, 6.45) is 2.60. The number of nitro groups is 1. The number of amides is 1. The van der Waals surface area contributed by atoms with E-state index in [1.54, 1.807) is 48.2 Å². The second kappa shape index (κ2) is 10.4. The van der Waals surface area contributed by atoms with Gasteiger partial charge in [-0.25, -0.2) is 9.59 Å². The van der Waals surface area contributed by atoms with Crippen molar-refractivity contribution < 1.29 is 24.0 Å². The Morgan fingerprint density at radius 2 is 1.84 bits per heavy atom. The number of para-hydroxylation sites is 3. The van der Waals surface area contributed by atoms with Gasteiger partial charge in [0.2, 0.25) is 0 Å². The van der Waals surface area contributed by atoms with E-state index in [2.05, 4.69) is 5.32 Å². The Morgan fingerprint density at radius 1 is 1.10 bits per heavy atom. The van der Waals surface area contributed by atoms with Gasteiger partial charge in [-0.15, -0.1) is 0 Å². The van der Waals surface area contributed by atoms with Crippen LogP contribution in [0.4, 0.5) is 16.2 Å². The second-order valence-corrected chi connectivity index (χ2v) is 7.06. The number of carbonyl (C=O) groups excluding carboxylic acids is 2. The molecule has 0 aromatic heterocycles. The van der Waals surface area contributed by atoms with Crippen molar-refractivity contribution in [3.8, 4) is 5.75 Å². The van der Waals surface area contributed by atoms with Crippen molar-refractivity contribution in [2.75, 3.05) is 25.0 Å². The summed E-state index contributed by atoms with van der Waals surface area (Å²) in [5.74, 6) is -0.408. The summed E-state index contributed by atoms with van der Waals surface area (Å²) in [7, 11) is 0. The highest BCUT2D eigenvalue weighted by atomic mass is 16.6. The topological polar surface area (TPSA) is 111 Å². The molecule has 1 amide bonds. The molecule has 2 aromatic carbocycles.